The summed E-state index contributed by atoms with van der Waals surface area (Å²) >= 11 is 9.50. The number of halogens is 1. The van der Waals surface area contributed by atoms with Gasteiger partial charge in [0, 0.05) is 12.6 Å². The van der Waals surface area contributed by atoms with Crippen LogP contribution in [-0.2, 0) is 16.6 Å². The molecule has 0 saturated carbocycles. The maximum absolute atomic E-state index is 9.92. The van der Waals surface area contributed by atoms with Crippen molar-refractivity contribution in [2.75, 3.05) is 6.16 Å². The molecule has 0 unspecified atom stereocenters. The van der Waals surface area contributed by atoms with Crippen molar-refractivity contribution in [1.82, 2.24) is 0 Å². The number of rotatable bonds is 3. The van der Waals surface area contributed by atoms with Gasteiger partial charge in [-0.2, -0.15) is 0 Å². The lowest BCUT2D eigenvalue weighted by Gasteiger charge is -1.78. The van der Waals surface area contributed by atoms with E-state index in [1.807, 2.05) is 0 Å². The van der Waals surface area contributed by atoms with Gasteiger partial charge in [-0.3, -0.25) is 4.79 Å². The van der Waals surface area contributed by atoms with E-state index in [-0.39, 0.29) is 5.24 Å². The van der Waals surface area contributed by atoms with Crippen molar-refractivity contribution in [3.05, 3.63) is 0 Å². The summed E-state index contributed by atoms with van der Waals surface area (Å²) in [4.78, 5) is 9.92. The molecule has 0 rings (SSSR count). The highest BCUT2D eigenvalue weighted by molar-refractivity contribution is 7.96. The van der Waals surface area contributed by atoms with Crippen LogP contribution in [0.15, 0.2) is 0 Å². The third kappa shape index (κ3) is 6.48. The Hall–Kier alpha value is 0.480. The molecule has 0 heterocycles. The van der Waals surface area contributed by atoms with Crippen LogP contribution in [-0.4, -0.2) is 11.4 Å². The summed E-state index contributed by atoms with van der Waals surface area (Å²) in [6.07, 6.45) is 1.12. The summed E-state index contributed by atoms with van der Waals surface area (Å²) in [5.74, 6) is 0. The third-order valence-corrected chi connectivity index (χ3v) is 1.54. The Kier molecular flexibility index (Phi) is 4.95. The molecule has 4 heteroatoms. The number of hydrogen-bond acceptors (Lipinski definition) is 2. The van der Waals surface area contributed by atoms with E-state index < -0.39 is 0 Å². The Labute approximate surface area is 53.9 Å². The zero-order valence-electron chi connectivity index (χ0n) is 3.56. The molecule has 0 spiro atoms. The van der Waals surface area contributed by atoms with Gasteiger partial charge in [-0.15, -0.1) is 0 Å². The van der Waals surface area contributed by atoms with Gasteiger partial charge in [0.05, 0.1) is 0 Å². The number of carbonyl (C=O) groups excluding carboxylic acids is 1. The van der Waals surface area contributed by atoms with Gasteiger partial charge in [0.1, 0.15) is 0 Å². The first-order valence-electron chi connectivity index (χ1n) is 1.75. The van der Waals surface area contributed by atoms with Crippen LogP contribution < -0.4 is 0 Å². The van der Waals surface area contributed by atoms with Gasteiger partial charge >= 0.3 is 0 Å². The Balaban J connectivity index is 2.97. The van der Waals surface area contributed by atoms with E-state index >= 15 is 0 Å². The van der Waals surface area contributed by atoms with Gasteiger partial charge in [-0.05, 0) is 19.0 Å². The fraction of sp³-hybridized carbons (Fsp3) is 0.667. The van der Waals surface area contributed by atoms with Crippen LogP contribution in [0.3, 0.4) is 0 Å². The van der Waals surface area contributed by atoms with E-state index in [9.17, 15) is 4.79 Å². The van der Waals surface area contributed by atoms with Crippen molar-refractivity contribution in [2.24, 2.45) is 0 Å². The molecule has 0 saturated heterocycles. The molecule has 0 aromatic heterocycles. The molecule has 0 amide bonds. The van der Waals surface area contributed by atoms with Gasteiger partial charge in [-0.25, -0.2) is 0 Å². The monoisotopic (exact) mass is 154 g/mol. The van der Waals surface area contributed by atoms with E-state index in [2.05, 4.69) is 11.8 Å². The minimum atomic E-state index is -0.294. The van der Waals surface area contributed by atoms with Crippen LogP contribution in [0.5, 0.6) is 0 Å². The maximum Gasteiger partial charge on any atom is 0.222 e. The van der Waals surface area contributed by atoms with E-state index in [1.165, 1.54) is 0 Å². The van der Waals surface area contributed by atoms with Crippen molar-refractivity contribution in [1.29, 1.82) is 0 Å². The molecule has 0 aromatic carbocycles. The Morgan fingerprint density at radius 2 is 2.43 bits per heavy atom. The average molecular weight is 155 g/mol. The van der Waals surface area contributed by atoms with Crippen LogP contribution in [0.1, 0.15) is 6.42 Å². The fourth-order valence-corrected chi connectivity index (χ4v) is 0.928. The smallest absolute Gasteiger partial charge is 0.222 e. The molecule has 1 nitrogen and oxygen atoms in total. The van der Waals surface area contributed by atoms with E-state index in [0.29, 0.717) is 12.6 Å². The summed E-state index contributed by atoms with van der Waals surface area (Å²) < 4.78 is 0. The van der Waals surface area contributed by atoms with E-state index in [1.54, 1.807) is 0 Å². The summed E-state index contributed by atoms with van der Waals surface area (Å²) in [6.45, 7) is 0. The summed E-state index contributed by atoms with van der Waals surface area (Å²) in [6, 6.07) is 0. The second-order valence-electron chi connectivity index (χ2n) is 0.958. The van der Waals surface area contributed by atoms with Crippen LogP contribution in [0.4, 0.5) is 0 Å². The van der Waals surface area contributed by atoms with Crippen molar-refractivity contribution in [2.45, 2.75) is 6.42 Å². The van der Waals surface area contributed by atoms with E-state index in [0.717, 1.165) is 7.36 Å². The summed E-state index contributed by atoms with van der Waals surface area (Å²) in [5, 5.41) is -0.294. The normalized spacial score (nSPS) is 9.29. The quantitative estimate of drug-likeness (QED) is 0.453. The first-order chi connectivity index (χ1) is 3.27. The van der Waals surface area contributed by atoms with Crippen LogP contribution in [0, 0.1) is 0 Å². The van der Waals surface area contributed by atoms with Gasteiger partial charge in [0.2, 0.25) is 5.24 Å². The molecule has 7 heavy (non-hydrogen) atoms. The van der Waals surface area contributed by atoms with Gasteiger partial charge < -0.3 is 0 Å². The van der Waals surface area contributed by atoms with E-state index in [4.69, 9.17) is 11.6 Å². The minimum Gasteiger partial charge on any atom is -0.281 e. The molecule has 0 N–H and O–H groups in total. The molecule has 0 aliphatic carbocycles. The van der Waals surface area contributed by atoms with Crippen LogP contribution >= 0.6 is 19.0 Å². The topological polar surface area (TPSA) is 17.1 Å². The van der Waals surface area contributed by atoms with Crippen molar-refractivity contribution in [3.63, 3.8) is 0 Å². The van der Waals surface area contributed by atoms with Gasteiger partial charge in [0.15, 0.2) is 0 Å². The highest BCUT2D eigenvalue weighted by atomic mass is 35.5. The molecule has 0 fully saturated rings. The molecule has 0 radical (unpaired) electrons. The summed E-state index contributed by atoms with van der Waals surface area (Å²) in [5.41, 5.74) is 0. The summed E-state index contributed by atoms with van der Waals surface area (Å²) in [7, 11) is 0.818. The molecule has 0 aromatic rings. The molecule has 0 aliphatic rings. The lowest BCUT2D eigenvalue weighted by Crippen LogP contribution is -1.83. The zero-order valence-corrected chi connectivity index (χ0v) is 6.02. The van der Waals surface area contributed by atoms with Crippen LogP contribution in [0.2, 0.25) is 0 Å². The second-order valence-corrected chi connectivity index (χ2v) is 2.86. The van der Waals surface area contributed by atoms with Crippen LogP contribution in [0.25, 0.3) is 0 Å². The lowest BCUT2D eigenvalue weighted by atomic mass is 10.6. The van der Waals surface area contributed by atoms with Crippen molar-refractivity contribution < 1.29 is 4.79 Å². The van der Waals surface area contributed by atoms with Gasteiger partial charge in [0.25, 0.3) is 0 Å². The lowest BCUT2D eigenvalue weighted by molar-refractivity contribution is -0.111. The largest absolute Gasteiger partial charge is 0.281 e. The predicted octanol–water partition coefficient (Wildman–Crippen LogP) is 1.55. The molecular weight excluding hydrogens is 151 g/mol. The first kappa shape index (κ1) is 7.48. The minimum absolute atomic E-state index is 0.294. The van der Waals surface area contributed by atoms with Gasteiger partial charge in [-0.1, -0.05) is 11.8 Å². The number of carbonyl (C=O) groups is 1. The average Bonchev–Trinajstić information content (AvgIpc) is 1.61. The second kappa shape index (κ2) is 4.63. The standard InChI is InChI=1S/C3H4ClOPS/c4-3(5)1-2-6-7/h1-2H2. The SMILES string of the molecule is O=C(Cl)CCP=S. The highest BCUT2D eigenvalue weighted by Crippen LogP contribution is 1.97. The highest BCUT2D eigenvalue weighted by Gasteiger charge is 1.90. The molecule has 0 aliphatic heterocycles. The first-order valence-corrected chi connectivity index (χ1v) is 4.22. The molecule has 0 atom stereocenters. The zero-order chi connectivity index (χ0) is 5.70. The Morgan fingerprint density at radius 1 is 1.86 bits per heavy atom. The molecule has 40 valence electrons. The molecule has 0 bridgehead atoms. The third-order valence-electron chi connectivity index (χ3n) is 0.400. The Bertz CT molecular complexity index is 85.0. The van der Waals surface area contributed by atoms with Crippen molar-refractivity contribution >= 4 is 36.0 Å². The maximum atomic E-state index is 9.92. The predicted molar refractivity (Wildman–Crippen MR) is 34.6 cm³/mol. The number of hydrogen-bond donors (Lipinski definition) is 0. The Morgan fingerprint density at radius 3 is 2.57 bits per heavy atom. The van der Waals surface area contributed by atoms with Crippen molar-refractivity contribution in [3.8, 4) is 0 Å². The fourth-order valence-electron chi connectivity index (χ4n) is 0.134. The molecular formula is C3H4ClOPS.